The molecule has 1 heterocycles. The van der Waals surface area contributed by atoms with E-state index in [1.807, 2.05) is 6.07 Å². The highest BCUT2D eigenvalue weighted by molar-refractivity contribution is 7.10. The number of nitrogen functional groups attached to an aromatic ring is 1. The maximum atomic E-state index is 5.51. The molecule has 0 spiro atoms. The molecule has 1 saturated carbocycles. The number of nitrogens with one attached hydrogen (secondary N) is 1. The van der Waals surface area contributed by atoms with E-state index in [0.29, 0.717) is 11.9 Å². The van der Waals surface area contributed by atoms with Gasteiger partial charge in [-0.3, -0.25) is 0 Å². The summed E-state index contributed by atoms with van der Waals surface area (Å²) in [6, 6.07) is 2.56. The van der Waals surface area contributed by atoms with Gasteiger partial charge < -0.3 is 11.1 Å². The summed E-state index contributed by atoms with van der Waals surface area (Å²) in [5, 5.41) is 4.55. The second kappa shape index (κ2) is 3.31. The molecule has 3 N–H and O–H groups in total. The first-order valence-corrected chi connectivity index (χ1v) is 5.10. The predicted octanol–water partition coefficient (Wildman–Crippen LogP) is 2.08. The van der Waals surface area contributed by atoms with E-state index in [0.717, 1.165) is 5.00 Å². The first-order valence-electron chi connectivity index (χ1n) is 4.33. The molecule has 1 fully saturated rings. The minimum atomic E-state index is 0.625. The van der Waals surface area contributed by atoms with Crippen LogP contribution in [0.2, 0.25) is 0 Å². The first kappa shape index (κ1) is 7.86. The standard InChI is InChI=1S/C8H13N3S/c9-7-5-8(12-11-7)10-6-3-1-2-4-6/h5-6,10H,1-4H2,(H2,9,11). The summed E-state index contributed by atoms with van der Waals surface area (Å²) in [5.41, 5.74) is 5.51. The normalized spacial score (nSPS) is 18.3. The zero-order valence-corrected chi connectivity index (χ0v) is 7.73. The quantitative estimate of drug-likeness (QED) is 0.738. The Morgan fingerprint density at radius 3 is 2.83 bits per heavy atom. The van der Waals surface area contributed by atoms with Crippen LogP contribution in [0.4, 0.5) is 10.8 Å². The summed E-state index contributed by atoms with van der Waals surface area (Å²) in [6.07, 6.45) is 5.29. The van der Waals surface area contributed by atoms with Gasteiger partial charge in [0.1, 0.15) is 10.8 Å². The lowest BCUT2D eigenvalue weighted by atomic mass is 10.2. The topological polar surface area (TPSA) is 50.9 Å². The van der Waals surface area contributed by atoms with Crippen molar-refractivity contribution in [3.63, 3.8) is 0 Å². The van der Waals surface area contributed by atoms with Gasteiger partial charge in [-0.1, -0.05) is 12.8 Å². The van der Waals surface area contributed by atoms with Crippen molar-refractivity contribution in [3.05, 3.63) is 6.07 Å². The molecule has 2 rings (SSSR count). The SMILES string of the molecule is Nc1cc(NC2CCCC2)sn1. The van der Waals surface area contributed by atoms with Crippen LogP contribution in [-0.4, -0.2) is 10.4 Å². The summed E-state index contributed by atoms with van der Waals surface area (Å²) >= 11 is 1.45. The molecule has 0 aliphatic heterocycles. The van der Waals surface area contributed by atoms with Gasteiger partial charge in [-0.25, -0.2) is 0 Å². The summed E-state index contributed by atoms with van der Waals surface area (Å²) in [6.45, 7) is 0. The summed E-state index contributed by atoms with van der Waals surface area (Å²) in [4.78, 5) is 0. The third-order valence-corrected chi connectivity index (χ3v) is 2.96. The van der Waals surface area contributed by atoms with Crippen molar-refractivity contribution < 1.29 is 0 Å². The second-order valence-electron chi connectivity index (χ2n) is 3.24. The second-order valence-corrected chi connectivity index (χ2v) is 4.05. The van der Waals surface area contributed by atoms with Crippen molar-refractivity contribution in [2.45, 2.75) is 31.7 Å². The minimum absolute atomic E-state index is 0.625. The Kier molecular flexibility index (Phi) is 2.17. The fourth-order valence-corrected chi connectivity index (χ4v) is 2.28. The average Bonchev–Trinajstić information content (AvgIpc) is 2.63. The van der Waals surface area contributed by atoms with Gasteiger partial charge >= 0.3 is 0 Å². The van der Waals surface area contributed by atoms with Crippen LogP contribution in [0.15, 0.2) is 6.07 Å². The molecule has 1 aromatic rings. The summed E-state index contributed by atoms with van der Waals surface area (Å²) in [7, 11) is 0. The third-order valence-electron chi connectivity index (χ3n) is 2.23. The van der Waals surface area contributed by atoms with Gasteiger partial charge in [0.15, 0.2) is 0 Å². The fourth-order valence-electron chi connectivity index (χ4n) is 1.63. The number of anilines is 2. The Hall–Kier alpha value is -0.770. The van der Waals surface area contributed by atoms with Crippen molar-refractivity contribution >= 4 is 22.4 Å². The maximum Gasteiger partial charge on any atom is 0.139 e. The molecule has 0 radical (unpaired) electrons. The number of aromatic nitrogens is 1. The number of hydrogen-bond donors (Lipinski definition) is 2. The van der Waals surface area contributed by atoms with E-state index in [9.17, 15) is 0 Å². The van der Waals surface area contributed by atoms with Crippen LogP contribution in [0.1, 0.15) is 25.7 Å². The van der Waals surface area contributed by atoms with Gasteiger partial charge in [-0.15, -0.1) is 0 Å². The largest absolute Gasteiger partial charge is 0.383 e. The van der Waals surface area contributed by atoms with Crippen LogP contribution in [-0.2, 0) is 0 Å². The van der Waals surface area contributed by atoms with Crippen molar-refractivity contribution in [2.75, 3.05) is 11.1 Å². The van der Waals surface area contributed by atoms with Crippen molar-refractivity contribution in [1.29, 1.82) is 0 Å². The predicted molar refractivity (Wildman–Crippen MR) is 52.4 cm³/mol. The first-order chi connectivity index (χ1) is 5.84. The molecule has 1 aliphatic rings. The Bertz CT molecular complexity index is 253. The van der Waals surface area contributed by atoms with E-state index in [1.54, 1.807) is 0 Å². The molecule has 0 unspecified atom stereocenters. The number of nitrogens with zero attached hydrogens (tertiary/aromatic N) is 1. The van der Waals surface area contributed by atoms with Gasteiger partial charge in [-0.05, 0) is 24.4 Å². The molecule has 1 aliphatic carbocycles. The van der Waals surface area contributed by atoms with E-state index in [2.05, 4.69) is 9.69 Å². The fraction of sp³-hybridized carbons (Fsp3) is 0.625. The average molecular weight is 183 g/mol. The molecule has 0 atom stereocenters. The lowest BCUT2D eigenvalue weighted by molar-refractivity contribution is 0.758. The van der Waals surface area contributed by atoms with Crippen LogP contribution in [0.5, 0.6) is 0 Å². The van der Waals surface area contributed by atoms with Gasteiger partial charge in [-0.2, -0.15) is 4.37 Å². The van der Waals surface area contributed by atoms with Gasteiger partial charge in [0, 0.05) is 12.1 Å². The monoisotopic (exact) mass is 183 g/mol. The Labute approximate surface area is 76.1 Å². The van der Waals surface area contributed by atoms with Gasteiger partial charge in [0.2, 0.25) is 0 Å². The molecule has 66 valence electrons. The molecular weight excluding hydrogens is 170 g/mol. The van der Waals surface area contributed by atoms with E-state index in [4.69, 9.17) is 5.73 Å². The number of hydrogen-bond acceptors (Lipinski definition) is 4. The van der Waals surface area contributed by atoms with Crippen molar-refractivity contribution in [2.24, 2.45) is 0 Å². The molecule has 3 nitrogen and oxygen atoms in total. The molecule has 1 aromatic heterocycles. The van der Waals surface area contributed by atoms with E-state index >= 15 is 0 Å². The van der Waals surface area contributed by atoms with E-state index in [-0.39, 0.29) is 0 Å². The van der Waals surface area contributed by atoms with Gasteiger partial charge in [0.25, 0.3) is 0 Å². The molecule has 0 aromatic carbocycles. The molecule has 0 saturated heterocycles. The highest BCUT2D eigenvalue weighted by atomic mass is 32.1. The van der Waals surface area contributed by atoms with Gasteiger partial charge in [0.05, 0.1) is 0 Å². The van der Waals surface area contributed by atoms with Crippen LogP contribution in [0.25, 0.3) is 0 Å². The third kappa shape index (κ3) is 1.69. The molecule has 0 bridgehead atoms. The number of nitrogens with two attached hydrogens (primary N) is 1. The lowest BCUT2D eigenvalue weighted by Crippen LogP contribution is -2.13. The summed E-state index contributed by atoms with van der Waals surface area (Å²) < 4.78 is 4.02. The van der Waals surface area contributed by atoms with E-state index in [1.165, 1.54) is 37.2 Å². The number of rotatable bonds is 2. The van der Waals surface area contributed by atoms with Crippen LogP contribution in [0.3, 0.4) is 0 Å². The maximum absolute atomic E-state index is 5.51. The van der Waals surface area contributed by atoms with Crippen LogP contribution in [0, 0.1) is 0 Å². The minimum Gasteiger partial charge on any atom is -0.383 e. The van der Waals surface area contributed by atoms with Crippen molar-refractivity contribution in [3.8, 4) is 0 Å². The lowest BCUT2D eigenvalue weighted by Gasteiger charge is -2.09. The zero-order chi connectivity index (χ0) is 8.39. The molecular formula is C8H13N3S. The smallest absolute Gasteiger partial charge is 0.139 e. The van der Waals surface area contributed by atoms with Crippen LogP contribution >= 0.6 is 11.5 Å². The van der Waals surface area contributed by atoms with Crippen molar-refractivity contribution in [1.82, 2.24) is 4.37 Å². The summed E-state index contributed by atoms with van der Waals surface area (Å²) in [5.74, 6) is 0.625. The van der Waals surface area contributed by atoms with Crippen LogP contribution < -0.4 is 11.1 Å². The zero-order valence-electron chi connectivity index (χ0n) is 6.92. The van der Waals surface area contributed by atoms with E-state index < -0.39 is 0 Å². The molecule has 0 amide bonds. The highest BCUT2D eigenvalue weighted by Gasteiger charge is 2.14. The highest BCUT2D eigenvalue weighted by Crippen LogP contribution is 2.25. The molecule has 12 heavy (non-hydrogen) atoms. The molecule has 4 heteroatoms. The Balaban J connectivity index is 1.94. The Morgan fingerprint density at radius 2 is 2.25 bits per heavy atom. The Morgan fingerprint density at radius 1 is 1.50 bits per heavy atom.